The van der Waals surface area contributed by atoms with Crippen LogP contribution in [-0.2, 0) is 11.2 Å². The summed E-state index contributed by atoms with van der Waals surface area (Å²) in [5.74, 6) is 1.02. The fraction of sp³-hybridized carbons (Fsp3) is 0.421. The van der Waals surface area contributed by atoms with E-state index in [2.05, 4.69) is 20.3 Å². The van der Waals surface area contributed by atoms with Gasteiger partial charge in [0.25, 0.3) is 5.91 Å². The minimum atomic E-state index is -0.223. The fourth-order valence-electron chi connectivity index (χ4n) is 3.49. The highest BCUT2D eigenvalue weighted by Crippen LogP contribution is 2.32. The summed E-state index contributed by atoms with van der Waals surface area (Å²) in [5.41, 5.74) is 1.33. The van der Waals surface area contributed by atoms with Crippen molar-refractivity contribution in [1.29, 1.82) is 0 Å². The number of ether oxygens (including phenoxy) is 1. The second-order valence-corrected chi connectivity index (χ2v) is 6.69. The highest BCUT2D eigenvalue weighted by atomic mass is 16.5. The number of likely N-dealkylation sites (tertiary alicyclic amines) is 1. The molecule has 9 nitrogen and oxygen atoms in total. The molecule has 1 atom stereocenters. The lowest BCUT2D eigenvalue weighted by atomic mass is 10.00. The van der Waals surface area contributed by atoms with Gasteiger partial charge >= 0.3 is 0 Å². The summed E-state index contributed by atoms with van der Waals surface area (Å²) in [6.45, 7) is 1.17. The maximum absolute atomic E-state index is 13.4. The van der Waals surface area contributed by atoms with Crippen molar-refractivity contribution in [2.75, 3.05) is 20.3 Å². The Labute approximate surface area is 162 Å². The predicted molar refractivity (Wildman–Crippen MR) is 98.9 cm³/mol. The van der Waals surface area contributed by atoms with Crippen LogP contribution >= 0.6 is 0 Å². The van der Waals surface area contributed by atoms with Gasteiger partial charge in [-0.2, -0.15) is 4.98 Å². The number of amides is 1. The first kappa shape index (κ1) is 18.3. The molecule has 1 saturated heterocycles. The van der Waals surface area contributed by atoms with E-state index in [1.807, 2.05) is 29.2 Å². The molecule has 1 aliphatic rings. The van der Waals surface area contributed by atoms with Crippen molar-refractivity contribution in [3.8, 4) is 5.69 Å². The Morgan fingerprint density at radius 2 is 2.07 bits per heavy atom. The summed E-state index contributed by atoms with van der Waals surface area (Å²) >= 11 is 0. The lowest BCUT2D eigenvalue weighted by Crippen LogP contribution is -2.39. The van der Waals surface area contributed by atoms with Gasteiger partial charge in [-0.05, 0) is 31.4 Å². The Hall–Kier alpha value is -3.07. The topological polar surface area (TPSA) is 99.2 Å². The summed E-state index contributed by atoms with van der Waals surface area (Å²) in [7, 11) is 1.63. The molecule has 1 aliphatic heterocycles. The van der Waals surface area contributed by atoms with E-state index in [0.717, 1.165) is 24.9 Å². The normalized spacial score (nSPS) is 17.0. The van der Waals surface area contributed by atoms with E-state index in [9.17, 15) is 4.79 Å². The molecule has 0 spiro atoms. The molecule has 146 valence electrons. The molecule has 4 rings (SSSR count). The third kappa shape index (κ3) is 3.65. The molecular weight excluding hydrogens is 360 g/mol. The number of carbonyl (C=O) groups is 1. The van der Waals surface area contributed by atoms with Crippen molar-refractivity contribution in [2.24, 2.45) is 0 Å². The first-order chi connectivity index (χ1) is 13.8. The molecule has 2 aromatic heterocycles. The standard InChI is InChI=1S/C19H22N6O3/c1-27-11-9-17-22-18(28-23-17)16-8-4-5-10-25(16)19(26)14-6-2-3-7-15(14)24-12-20-21-13-24/h2-3,6-7,12-13,16H,4-5,8-11H2,1H3. The summed E-state index contributed by atoms with van der Waals surface area (Å²) < 4.78 is 12.3. The first-order valence-corrected chi connectivity index (χ1v) is 9.34. The number of piperidine rings is 1. The molecule has 1 aromatic carbocycles. The predicted octanol–water partition coefficient (Wildman–Crippen LogP) is 2.21. The quantitative estimate of drug-likeness (QED) is 0.644. The van der Waals surface area contributed by atoms with E-state index in [-0.39, 0.29) is 11.9 Å². The zero-order valence-corrected chi connectivity index (χ0v) is 15.7. The number of benzene rings is 1. The molecule has 1 unspecified atom stereocenters. The molecule has 0 radical (unpaired) electrons. The molecule has 0 bridgehead atoms. The van der Waals surface area contributed by atoms with Gasteiger partial charge in [0.05, 0.1) is 17.9 Å². The molecule has 9 heteroatoms. The molecule has 0 saturated carbocycles. The Morgan fingerprint density at radius 3 is 2.89 bits per heavy atom. The maximum Gasteiger partial charge on any atom is 0.256 e. The van der Waals surface area contributed by atoms with E-state index in [1.54, 1.807) is 24.3 Å². The molecule has 0 aliphatic carbocycles. The van der Waals surface area contributed by atoms with Gasteiger partial charge in [-0.1, -0.05) is 17.3 Å². The van der Waals surface area contributed by atoms with Crippen LogP contribution in [-0.4, -0.2) is 56.0 Å². The van der Waals surface area contributed by atoms with Crippen molar-refractivity contribution in [3.63, 3.8) is 0 Å². The van der Waals surface area contributed by atoms with Gasteiger partial charge < -0.3 is 14.2 Å². The van der Waals surface area contributed by atoms with Gasteiger partial charge in [-0.3, -0.25) is 9.36 Å². The fourth-order valence-corrected chi connectivity index (χ4v) is 3.49. The van der Waals surface area contributed by atoms with Gasteiger partial charge in [-0.15, -0.1) is 10.2 Å². The number of aromatic nitrogens is 5. The van der Waals surface area contributed by atoms with Crippen molar-refractivity contribution < 1.29 is 14.1 Å². The van der Waals surface area contributed by atoms with Crippen molar-refractivity contribution in [3.05, 3.63) is 54.2 Å². The number of nitrogens with zero attached hydrogens (tertiary/aromatic N) is 6. The van der Waals surface area contributed by atoms with Gasteiger partial charge in [0.1, 0.15) is 18.7 Å². The SMILES string of the molecule is COCCc1noc(C2CCCCN2C(=O)c2ccccc2-n2cnnc2)n1. The first-order valence-electron chi connectivity index (χ1n) is 9.34. The highest BCUT2D eigenvalue weighted by molar-refractivity contribution is 5.98. The van der Waals surface area contributed by atoms with Crippen LogP contribution in [0.25, 0.3) is 5.69 Å². The van der Waals surface area contributed by atoms with Crippen LogP contribution in [0.5, 0.6) is 0 Å². The van der Waals surface area contributed by atoms with E-state index < -0.39 is 0 Å². The molecule has 28 heavy (non-hydrogen) atoms. The Bertz CT molecular complexity index is 923. The Balaban J connectivity index is 1.62. The van der Waals surface area contributed by atoms with Gasteiger partial charge in [0.15, 0.2) is 5.82 Å². The number of hydrogen-bond acceptors (Lipinski definition) is 7. The zero-order valence-electron chi connectivity index (χ0n) is 15.7. The van der Waals surface area contributed by atoms with Crippen LogP contribution in [0.4, 0.5) is 0 Å². The van der Waals surface area contributed by atoms with Crippen LogP contribution in [0.1, 0.15) is 47.4 Å². The maximum atomic E-state index is 13.4. The number of carbonyl (C=O) groups excluding carboxylic acids is 1. The van der Waals surface area contributed by atoms with Crippen molar-refractivity contribution in [2.45, 2.75) is 31.7 Å². The molecule has 3 heterocycles. The summed E-state index contributed by atoms with van der Waals surface area (Å²) in [6.07, 6.45) is 6.50. The number of para-hydroxylation sites is 1. The largest absolute Gasteiger partial charge is 0.384 e. The monoisotopic (exact) mass is 382 g/mol. The second-order valence-electron chi connectivity index (χ2n) is 6.69. The highest BCUT2D eigenvalue weighted by Gasteiger charge is 2.33. The van der Waals surface area contributed by atoms with Crippen LogP contribution in [0.3, 0.4) is 0 Å². The van der Waals surface area contributed by atoms with Crippen molar-refractivity contribution in [1.82, 2.24) is 29.8 Å². The van der Waals surface area contributed by atoms with Crippen LogP contribution in [0.15, 0.2) is 41.4 Å². The number of hydrogen-bond donors (Lipinski definition) is 0. The Kier molecular flexibility index (Phi) is 5.43. The second kappa shape index (κ2) is 8.30. The lowest BCUT2D eigenvalue weighted by Gasteiger charge is -2.33. The van der Waals surface area contributed by atoms with Crippen LogP contribution < -0.4 is 0 Å². The lowest BCUT2D eigenvalue weighted by molar-refractivity contribution is 0.0561. The molecule has 3 aromatic rings. The van der Waals surface area contributed by atoms with E-state index in [4.69, 9.17) is 9.26 Å². The smallest absolute Gasteiger partial charge is 0.256 e. The summed E-state index contributed by atoms with van der Waals surface area (Å²) in [6, 6.07) is 7.22. The molecular formula is C19H22N6O3. The van der Waals surface area contributed by atoms with Gasteiger partial charge in [0, 0.05) is 20.1 Å². The minimum absolute atomic E-state index is 0.0642. The van der Waals surface area contributed by atoms with Gasteiger partial charge in [0.2, 0.25) is 5.89 Å². The van der Waals surface area contributed by atoms with Crippen LogP contribution in [0.2, 0.25) is 0 Å². The Morgan fingerprint density at radius 1 is 1.25 bits per heavy atom. The van der Waals surface area contributed by atoms with E-state index in [0.29, 0.717) is 36.9 Å². The van der Waals surface area contributed by atoms with Crippen LogP contribution in [0, 0.1) is 0 Å². The third-order valence-corrected chi connectivity index (χ3v) is 4.89. The van der Waals surface area contributed by atoms with Crippen molar-refractivity contribution >= 4 is 5.91 Å². The van der Waals surface area contributed by atoms with Gasteiger partial charge in [-0.25, -0.2) is 0 Å². The molecule has 0 N–H and O–H groups in total. The summed E-state index contributed by atoms with van der Waals surface area (Å²) in [4.78, 5) is 19.8. The molecule has 1 amide bonds. The van der Waals surface area contributed by atoms with E-state index in [1.165, 1.54) is 0 Å². The van der Waals surface area contributed by atoms with E-state index >= 15 is 0 Å². The zero-order chi connectivity index (χ0) is 19.3. The summed E-state index contributed by atoms with van der Waals surface area (Å²) in [5, 5.41) is 11.7. The number of methoxy groups -OCH3 is 1. The number of rotatable bonds is 6. The average molecular weight is 382 g/mol. The third-order valence-electron chi connectivity index (χ3n) is 4.89. The average Bonchev–Trinajstić information content (AvgIpc) is 3.44. The minimum Gasteiger partial charge on any atom is -0.384 e. The molecule has 1 fully saturated rings.